The molecule has 0 aromatic carbocycles. The zero-order valence-corrected chi connectivity index (χ0v) is 11.2. The maximum Gasteiger partial charge on any atom is 0.227 e. The third-order valence-corrected chi connectivity index (χ3v) is 5.20. The maximum absolute atomic E-state index is 12.5. The highest BCUT2D eigenvalue weighted by atomic mass is 16.5. The second kappa shape index (κ2) is 4.82. The van der Waals surface area contributed by atoms with E-state index in [4.69, 9.17) is 10.5 Å². The predicted octanol–water partition coefficient (Wildman–Crippen LogP) is 0.855. The summed E-state index contributed by atoms with van der Waals surface area (Å²) >= 11 is 0. The van der Waals surface area contributed by atoms with Crippen molar-refractivity contribution < 1.29 is 9.53 Å². The molecule has 3 aliphatic rings. The molecule has 1 saturated heterocycles. The van der Waals surface area contributed by atoms with E-state index in [1.807, 2.05) is 11.9 Å². The molecule has 3 rings (SSSR count). The highest BCUT2D eigenvalue weighted by molar-refractivity contribution is 5.80. The molecule has 3 fully saturated rings. The second-order valence-corrected chi connectivity index (χ2v) is 6.38. The summed E-state index contributed by atoms with van der Waals surface area (Å²) in [5, 5.41) is 0. The summed E-state index contributed by atoms with van der Waals surface area (Å²) in [5.41, 5.74) is 6.24. The van der Waals surface area contributed by atoms with Crippen LogP contribution in [0.2, 0.25) is 0 Å². The molecule has 4 heteroatoms. The van der Waals surface area contributed by atoms with Crippen molar-refractivity contribution in [3.8, 4) is 0 Å². The number of fused-ring (bicyclic) bond motifs is 2. The van der Waals surface area contributed by atoms with Gasteiger partial charge in [-0.3, -0.25) is 4.79 Å². The lowest BCUT2D eigenvalue weighted by Gasteiger charge is -2.31. The van der Waals surface area contributed by atoms with E-state index in [0.29, 0.717) is 17.8 Å². The smallest absolute Gasteiger partial charge is 0.227 e. The zero-order valence-electron chi connectivity index (χ0n) is 11.2. The Bertz CT molecular complexity index is 326. The Hall–Kier alpha value is -0.610. The third kappa shape index (κ3) is 2.05. The number of rotatable bonds is 3. The van der Waals surface area contributed by atoms with Gasteiger partial charge in [0.2, 0.25) is 5.91 Å². The normalized spacial score (nSPS) is 42.4. The van der Waals surface area contributed by atoms with Gasteiger partial charge in [0.05, 0.1) is 12.5 Å². The molecular formula is C14H24N2O2. The summed E-state index contributed by atoms with van der Waals surface area (Å²) in [4.78, 5) is 14.4. The second-order valence-electron chi connectivity index (χ2n) is 6.38. The van der Waals surface area contributed by atoms with E-state index in [9.17, 15) is 4.79 Å². The van der Waals surface area contributed by atoms with Crippen LogP contribution in [0, 0.1) is 23.7 Å². The van der Waals surface area contributed by atoms with Crippen molar-refractivity contribution >= 4 is 5.91 Å². The fourth-order valence-corrected chi connectivity index (χ4v) is 4.16. The number of carbonyl (C=O) groups is 1. The first-order chi connectivity index (χ1) is 8.66. The summed E-state index contributed by atoms with van der Waals surface area (Å²) in [6, 6.07) is 0.110. The van der Waals surface area contributed by atoms with Gasteiger partial charge in [-0.1, -0.05) is 0 Å². The number of hydrogen-bond acceptors (Lipinski definition) is 3. The van der Waals surface area contributed by atoms with Crippen molar-refractivity contribution in [2.75, 3.05) is 26.8 Å². The molecule has 5 unspecified atom stereocenters. The zero-order chi connectivity index (χ0) is 12.7. The lowest BCUT2D eigenvalue weighted by molar-refractivity contribution is -0.137. The molecule has 18 heavy (non-hydrogen) atoms. The minimum Gasteiger partial charge on any atom is -0.381 e. The monoisotopic (exact) mass is 252 g/mol. The average molecular weight is 252 g/mol. The quantitative estimate of drug-likeness (QED) is 0.810. The van der Waals surface area contributed by atoms with Crippen molar-refractivity contribution in [2.45, 2.75) is 31.7 Å². The Morgan fingerprint density at radius 1 is 1.33 bits per heavy atom. The molecule has 1 amide bonds. The maximum atomic E-state index is 12.5. The van der Waals surface area contributed by atoms with Gasteiger partial charge in [-0.2, -0.15) is 0 Å². The molecule has 4 nitrogen and oxygen atoms in total. The molecule has 2 aliphatic carbocycles. The number of nitrogens with two attached hydrogens (primary N) is 1. The van der Waals surface area contributed by atoms with Crippen LogP contribution >= 0.6 is 0 Å². The van der Waals surface area contributed by atoms with Crippen LogP contribution in [0.25, 0.3) is 0 Å². The van der Waals surface area contributed by atoms with Gasteiger partial charge >= 0.3 is 0 Å². The third-order valence-electron chi connectivity index (χ3n) is 5.20. The Labute approximate surface area is 109 Å². The summed E-state index contributed by atoms with van der Waals surface area (Å²) in [5.74, 6) is 2.05. The fourth-order valence-electron chi connectivity index (χ4n) is 4.16. The number of ether oxygens (including phenoxy) is 1. The first-order valence-corrected chi connectivity index (χ1v) is 7.25. The van der Waals surface area contributed by atoms with Crippen molar-refractivity contribution in [3.63, 3.8) is 0 Å². The highest BCUT2D eigenvalue weighted by Crippen LogP contribution is 2.48. The van der Waals surface area contributed by atoms with Crippen LogP contribution in [0.1, 0.15) is 25.7 Å². The molecule has 1 heterocycles. The molecular weight excluding hydrogens is 228 g/mol. The van der Waals surface area contributed by atoms with Gasteiger partial charge in [0.1, 0.15) is 0 Å². The molecule has 1 aliphatic heterocycles. The van der Waals surface area contributed by atoms with Crippen LogP contribution in [0.15, 0.2) is 0 Å². The number of hydrogen-bond donors (Lipinski definition) is 1. The first kappa shape index (κ1) is 12.4. The molecule has 0 aromatic heterocycles. The fraction of sp³-hybridized carbons (Fsp3) is 0.929. The lowest BCUT2D eigenvalue weighted by Crippen LogP contribution is -2.47. The lowest BCUT2D eigenvalue weighted by atomic mass is 9.84. The number of carbonyl (C=O) groups excluding carboxylic acids is 1. The van der Waals surface area contributed by atoms with Gasteiger partial charge < -0.3 is 15.4 Å². The van der Waals surface area contributed by atoms with Crippen molar-refractivity contribution in [3.05, 3.63) is 0 Å². The topological polar surface area (TPSA) is 55.6 Å². The van der Waals surface area contributed by atoms with Crippen LogP contribution in [0.3, 0.4) is 0 Å². The van der Waals surface area contributed by atoms with Crippen LogP contribution < -0.4 is 5.73 Å². The van der Waals surface area contributed by atoms with Crippen molar-refractivity contribution in [2.24, 2.45) is 29.4 Å². The van der Waals surface area contributed by atoms with Crippen LogP contribution in [0.4, 0.5) is 0 Å². The van der Waals surface area contributed by atoms with E-state index >= 15 is 0 Å². The Balaban J connectivity index is 1.59. The van der Waals surface area contributed by atoms with Gasteiger partial charge in [-0.05, 0) is 37.5 Å². The molecule has 2 bridgehead atoms. The standard InChI is InChI=1S/C14H24N2O2/c1-16(7-9-4-5-18-8-9)14(17)12-10-2-3-11(6-10)13(12)15/h9-13H,2-8,15H2,1H3. The number of nitrogens with zero attached hydrogens (tertiary/aromatic N) is 1. The molecule has 0 aromatic rings. The van der Waals surface area contributed by atoms with Crippen molar-refractivity contribution in [1.29, 1.82) is 0 Å². The molecule has 102 valence electrons. The van der Waals surface area contributed by atoms with E-state index < -0.39 is 0 Å². The summed E-state index contributed by atoms with van der Waals surface area (Å²) < 4.78 is 5.37. The SMILES string of the molecule is CN(CC1CCOC1)C(=O)C1C2CCC(C2)C1N. The van der Waals surface area contributed by atoms with Gasteiger partial charge in [0, 0.05) is 32.2 Å². The van der Waals surface area contributed by atoms with E-state index in [1.165, 1.54) is 19.3 Å². The van der Waals surface area contributed by atoms with Crippen molar-refractivity contribution in [1.82, 2.24) is 4.90 Å². The largest absolute Gasteiger partial charge is 0.381 e. The number of amides is 1. The Morgan fingerprint density at radius 3 is 2.72 bits per heavy atom. The van der Waals surface area contributed by atoms with E-state index in [0.717, 1.165) is 26.2 Å². The van der Waals surface area contributed by atoms with Gasteiger partial charge in [-0.25, -0.2) is 0 Å². The molecule has 0 spiro atoms. The Morgan fingerprint density at radius 2 is 2.11 bits per heavy atom. The highest BCUT2D eigenvalue weighted by Gasteiger charge is 2.49. The van der Waals surface area contributed by atoms with Gasteiger partial charge in [-0.15, -0.1) is 0 Å². The minimum atomic E-state index is 0.0936. The average Bonchev–Trinajstić information content (AvgIpc) is 3.04. The van der Waals surface area contributed by atoms with E-state index in [1.54, 1.807) is 0 Å². The summed E-state index contributed by atoms with van der Waals surface area (Å²) in [6.07, 6.45) is 4.70. The first-order valence-electron chi connectivity index (χ1n) is 7.25. The minimum absolute atomic E-state index is 0.0936. The van der Waals surface area contributed by atoms with E-state index in [2.05, 4.69) is 0 Å². The van der Waals surface area contributed by atoms with Gasteiger partial charge in [0.25, 0.3) is 0 Å². The predicted molar refractivity (Wildman–Crippen MR) is 68.9 cm³/mol. The molecule has 2 saturated carbocycles. The molecule has 2 N–H and O–H groups in total. The van der Waals surface area contributed by atoms with Crippen LogP contribution in [-0.2, 0) is 9.53 Å². The summed E-state index contributed by atoms with van der Waals surface area (Å²) in [6.45, 7) is 2.49. The van der Waals surface area contributed by atoms with Crippen LogP contribution in [0.5, 0.6) is 0 Å². The summed E-state index contributed by atoms with van der Waals surface area (Å²) in [7, 11) is 1.93. The molecule has 5 atom stereocenters. The van der Waals surface area contributed by atoms with Crippen LogP contribution in [-0.4, -0.2) is 43.7 Å². The van der Waals surface area contributed by atoms with E-state index in [-0.39, 0.29) is 17.9 Å². The Kier molecular flexibility index (Phi) is 3.32. The molecule has 0 radical (unpaired) electrons. The van der Waals surface area contributed by atoms with Gasteiger partial charge in [0.15, 0.2) is 0 Å².